The number of hydrogen-bond acceptors (Lipinski definition) is 3. The third-order valence-corrected chi connectivity index (χ3v) is 4.05. The van der Waals surface area contributed by atoms with Gasteiger partial charge in [0.25, 0.3) is 0 Å². The van der Waals surface area contributed by atoms with E-state index in [0.717, 1.165) is 35.9 Å². The second-order valence-corrected chi connectivity index (χ2v) is 6.71. The van der Waals surface area contributed by atoms with Crippen molar-refractivity contribution in [2.45, 2.75) is 26.8 Å². The second kappa shape index (κ2) is 11.6. The molecule has 3 N–H and O–H groups in total. The van der Waals surface area contributed by atoms with Gasteiger partial charge in [-0.25, -0.2) is 0 Å². The Hall–Kier alpha value is -3.02. The Morgan fingerprint density at radius 2 is 1.75 bits per heavy atom. The second-order valence-electron chi connectivity index (χ2n) is 6.71. The van der Waals surface area contributed by atoms with Crippen molar-refractivity contribution in [1.29, 1.82) is 0 Å². The zero-order chi connectivity index (χ0) is 20.2. The molecule has 1 amide bonds. The summed E-state index contributed by atoms with van der Waals surface area (Å²) in [4.78, 5) is 16.0. The van der Waals surface area contributed by atoms with Gasteiger partial charge in [-0.15, -0.1) is 0 Å². The van der Waals surface area contributed by atoms with Crippen LogP contribution in [0.4, 0.5) is 5.69 Å². The van der Waals surface area contributed by atoms with E-state index in [1.54, 1.807) is 7.05 Å². The van der Waals surface area contributed by atoms with Gasteiger partial charge >= 0.3 is 0 Å². The predicted molar refractivity (Wildman–Crippen MR) is 115 cm³/mol. The number of ether oxygens (including phenoxy) is 1. The van der Waals surface area contributed by atoms with E-state index in [-0.39, 0.29) is 11.8 Å². The highest BCUT2D eigenvalue weighted by atomic mass is 16.5. The summed E-state index contributed by atoms with van der Waals surface area (Å²) in [5.74, 6) is 1.62. The number of nitrogens with one attached hydrogen (secondary N) is 3. The highest BCUT2D eigenvalue weighted by molar-refractivity contribution is 5.92. The molecule has 6 nitrogen and oxygen atoms in total. The molecular formula is C22H30N4O2. The van der Waals surface area contributed by atoms with E-state index in [2.05, 4.69) is 20.9 Å². The fraction of sp³-hybridized carbons (Fsp3) is 0.364. The molecular weight excluding hydrogens is 352 g/mol. The summed E-state index contributed by atoms with van der Waals surface area (Å²) in [6.45, 7) is 5.82. The Kier molecular flexibility index (Phi) is 8.85. The minimum Gasteiger partial charge on any atom is -0.494 e. The summed E-state index contributed by atoms with van der Waals surface area (Å²) in [5.41, 5.74) is 1.92. The van der Waals surface area contributed by atoms with Gasteiger partial charge in [0.05, 0.1) is 6.61 Å². The maximum atomic E-state index is 11.7. The quantitative estimate of drug-likeness (QED) is 0.353. The molecule has 28 heavy (non-hydrogen) atoms. The molecule has 0 bridgehead atoms. The standard InChI is InChI=1S/C22H30N4O2/c1-17(2)21(27)26-19-12-10-18(11-13-19)16-25-22(23-3)24-14-7-15-28-20-8-5-4-6-9-20/h4-6,8-13,17H,7,14-16H2,1-3H3,(H,26,27)(H2,23,24,25). The molecule has 0 fully saturated rings. The Bertz CT molecular complexity index is 743. The summed E-state index contributed by atoms with van der Waals surface area (Å²) < 4.78 is 5.67. The van der Waals surface area contributed by atoms with Crippen LogP contribution in [-0.2, 0) is 11.3 Å². The maximum absolute atomic E-state index is 11.7. The molecule has 150 valence electrons. The van der Waals surface area contributed by atoms with Crippen LogP contribution in [0.2, 0.25) is 0 Å². The average Bonchev–Trinajstić information content (AvgIpc) is 2.71. The van der Waals surface area contributed by atoms with E-state index in [4.69, 9.17) is 4.74 Å². The fourth-order valence-electron chi connectivity index (χ4n) is 2.38. The number of anilines is 1. The van der Waals surface area contributed by atoms with Crippen molar-refractivity contribution in [3.8, 4) is 5.75 Å². The Balaban J connectivity index is 1.66. The van der Waals surface area contributed by atoms with Crippen LogP contribution in [0, 0.1) is 5.92 Å². The van der Waals surface area contributed by atoms with E-state index >= 15 is 0 Å². The lowest BCUT2D eigenvalue weighted by Crippen LogP contribution is -2.37. The van der Waals surface area contributed by atoms with Crippen LogP contribution in [0.3, 0.4) is 0 Å². The Morgan fingerprint density at radius 3 is 2.39 bits per heavy atom. The summed E-state index contributed by atoms with van der Waals surface area (Å²) in [6.07, 6.45) is 0.875. The lowest BCUT2D eigenvalue weighted by molar-refractivity contribution is -0.118. The van der Waals surface area contributed by atoms with Crippen molar-refractivity contribution in [3.63, 3.8) is 0 Å². The van der Waals surface area contributed by atoms with Gasteiger partial charge in [-0.05, 0) is 36.2 Å². The molecule has 0 atom stereocenters. The van der Waals surface area contributed by atoms with Gasteiger partial charge in [-0.3, -0.25) is 9.79 Å². The van der Waals surface area contributed by atoms with Gasteiger partial charge in [0.1, 0.15) is 5.75 Å². The first-order valence-electron chi connectivity index (χ1n) is 9.60. The first-order valence-corrected chi connectivity index (χ1v) is 9.60. The van der Waals surface area contributed by atoms with Crippen LogP contribution in [0.5, 0.6) is 5.75 Å². The zero-order valence-electron chi connectivity index (χ0n) is 16.9. The van der Waals surface area contributed by atoms with Crippen molar-refractivity contribution in [2.75, 3.05) is 25.5 Å². The largest absolute Gasteiger partial charge is 0.494 e. The minimum atomic E-state index is -0.0335. The number of hydrogen-bond donors (Lipinski definition) is 3. The first kappa shape index (κ1) is 21.3. The molecule has 0 aliphatic rings. The number of carbonyl (C=O) groups is 1. The normalized spacial score (nSPS) is 11.2. The van der Waals surface area contributed by atoms with Crippen LogP contribution < -0.4 is 20.7 Å². The van der Waals surface area contributed by atoms with Gasteiger partial charge in [0.15, 0.2) is 5.96 Å². The van der Waals surface area contributed by atoms with E-state index in [1.165, 1.54) is 0 Å². The Labute approximate surface area is 167 Å². The van der Waals surface area contributed by atoms with Crippen LogP contribution in [-0.4, -0.2) is 32.1 Å². The van der Waals surface area contributed by atoms with Crippen molar-refractivity contribution in [1.82, 2.24) is 10.6 Å². The van der Waals surface area contributed by atoms with Crippen molar-refractivity contribution in [3.05, 3.63) is 60.2 Å². The van der Waals surface area contributed by atoms with Crippen LogP contribution in [0.15, 0.2) is 59.6 Å². The van der Waals surface area contributed by atoms with Crippen LogP contribution in [0.25, 0.3) is 0 Å². The van der Waals surface area contributed by atoms with Gasteiger partial charge < -0.3 is 20.7 Å². The monoisotopic (exact) mass is 382 g/mol. The number of benzene rings is 2. The summed E-state index contributed by atoms with van der Waals surface area (Å²) in [6, 6.07) is 17.6. The van der Waals surface area contributed by atoms with Gasteiger partial charge in [-0.2, -0.15) is 0 Å². The fourth-order valence-corrected chi connectivity index (χ4v) is 2.38. The number of amides is 1. The Morgan fingerprint density at radius 1 is 1.04 bits per heavy atom. The molecule has 0 radical (unpaired) electrons. The van der Waals surface area contributed by atoms with Gasteiger partial charge in [0, 0.05) is 31.7 Å². The zero-order valence-corrected chi connectivity index (χ0v) is 16.9. The molecule has 0 heterocycles. The van der Waals surface area contributed by atoms with E-state index in [9.17, 15) is 4.79 Å². The highest BCUT2D eigenvalue weighted by Gasteiger charge is 2.06. The molecule has 0 aliphatic carbocycles. The van der Waals surface area contributed by atoms with Gasteiger partial charge in [-0.1, -0.05) is 44.2 Å². The number of aliphatic imine (C=N–C) groups is 1. The van der Waals surface area contributed by atoms with E-state index < -0.39 is 0 Å². The topological polar surface area (TPSA) is 74.8 Å². The van der Waals surface area contributed by atoms with Crippen LogP contribution >= 0.6 is 0 Å². The average molecular weight is 383 g/mol. The lowest BCUT2D eigenvalue weighted by atomic mass is 10.1. The molecule has 6 heteroatoms. The molecule has 0 saturated carbocycles. The number of carbonyl (C=O) groups excluding carboxylic acids is 1. The first-order chi connectivity index (χ1) is 13.6. The predicted octanol–water partition coefficient (Wildman–Crippen LogP) is 3.42. The lowest BCUT2D eigenvalue weighted by Gasteiger charge is -2.13. The van der Waals surface area contributed by atoms with Gasteiger partial charge in [0.2, 0.25) is 5.91 Å². The number of nitrogens with zero attached hydrogens (tertiary/aromatic N) is 1. The SMILES string of the molecule is CN=C(NCCCOc1ccccc1)NCc1ccc(NC(=O)C(C)C)cc1. The smallest absolute Gasteiger partial charge is 0.226 e. The molecule has 0 aromatic heterocycles. The van der Waals surface area contributed by atoms with Crippen molar-refractivity contribution >= 4 is 17.6 Å². The summed E-state index contributed by atoms with van der Waals surface area (Å²) in [7, 11) is 1.75. The maximum Gasteiger partial charge on any atom is 0.226 e. The molecule has 2 rings (SSSR count). The van der Waals surface area contributed by atoms with Crippen molar-refractivity contribution < 1.29 is 9.53 Å². The molecule has 0 aliphatic heterocycles. The number of rotatable bonds is 9. The molecule has 2 aromatic carbocycles. The summed E-state index contributed by atoms with van der Waals surface area (Å²) >= 11 is 0. The highest BCUT2D eigenvalue weighted by Crippen LogP contribution is 2.11. The molecule has 0 spiro atoms. The number of para-hydroxylation sites is 1. The number of guanidine groups is 1. The summed E-state index contributed by atoms with van der Waals surface area (Å²) in [5, 5.41) is 9.45. The van der Waals surface area contributed by atoms with E-state index in [0.29, 0.717) is 13.2 Å². The molecule has 0 unspecified atom stereocenters. The minimum absolute atomic E-state index is 0.0201. The molecule has 2 aromatic rings. The van der Waals surface area contributed by atoms with Crippen LogP contribution in [0.1, 0.15) is 25.8 Å². The molecule has 0 saturated heterocycles. The van der Waals surface area contributed by atoms with Crippen molar-refractivity contribution in [2.24, 2.45) is 10.9 Å². The van der Waals surface area contributed by atoms with E-state index in [1.807, 2.05) is 68.4 Å². The third kappa shape index (κ3) is 7.70. The third-order valence-electron chi connectivity index (χ3n) is 4.05.